The molecule has 3 nitrogen and oxygen atoms in total. The highest BCUT2D eigenvalue weighted by Gasteiger charge is 2.21. The van der Waals surface area contributed by atoms with Gasteiger partial charge >= 0.3 is 0 Å². The van der Waals surface area contributed by atoms with Crippen molar-refractivity contribution in [1.82, 2.24) is 4.90 Å². The average Bonchev–Trinajstić information content (AvgIpc) is 2.33. The SMILES string of the molecule is CN(CC1CCC(N)CC1)CC1CCCCO1. The molecule has 2 N–H and O–H groups in total. The summed E-state index contributed by atoms with van der Waals surface area (Å²) in [4.78, 5) is 2.47. The third kappa shape index (κ3) is 4.57. The first-order valence-electron chi connectivity index (χ1n) is 7.30. The van der Waals surface area contributed by atoms with E-state index in [4.69, 9.17) is 10.5 Å². The number of rotatable bonds is 4. The van der Waals surface area contributed by atoms with Gasteiger partial charge in [0, 0.05) is 25.7 Å². The molecule has 0 spiro atoms. The van der Waals surface area contributed by atoms with E-state index in [0.29, 0.717) is 12.1 Å². The molecule has 1 saturated carbocycles. The third-order valence-electron chi connectivity index (χ3n) is 4.25. The van der Waals surface area contributed by atoms with Crippen molar-refractivity contribution in [3.05, 3.63) is 0 Å². The molecule has 2 rings (SSSR count). The van der Waals surface area contributed by atoms with Gasteiger partial charge in [0.15, 0.2) is 0 Å². The largest absolute Gasteiger partial charge is 0.377 e. The van der Waals surface area contributed by atoms with Crippen LogP contribution in [0.2, 0.25) is 0 Å². The van der Waals surface area contributed by atoms with Crippen LogP contribution in [0.5, 0.6) is 0 Å². The van der Waals surface area contributed by atoms with E-state index in [9.17, 15) is 0 Å². The van der Waals surface area contributed by atoms with Crippen molar-refractivity contribution < 1.29 is 4.74 Å². The first-order valence-corrected chi connectivity index (χ1v) is 7.30. The molecule has 0 aromatic carbocycles. The van der Waals surface area contributed by atoms with E-state index in [1.165, 1.54) is 51.5 Å². The van der Waals surface area contributed by atoms with Crippen LogP contribution in [-0.4, -0.2) is 43.8 Å². The van der Waals surface area contributed by atoms with Gasteiger partial charge in [-0.1, -0.05) is 0 Å². The molecule has 1 aliphatic carbocycles. The van der Waals surface area contributed by atoms with Crippen molar-refractivity contribution in [3.63, 3.8) is 0 Å². The highest BCUT2D eigenvalue weighted by Crippen LogP contribution is 2.24. The fraction of sp³-hybridized carbons (Fsp3) is 1.00. The molecule has 0 amide bonds. The summed E-state index contributed by atoms with van der Waals surface area (Å²) in [6, 6.07) is 0.471. The Kier molecular flexibility index (Phi) is 5.26. The summed E-state index contributed by atoms with van der Waals surface area (Å²) >= 11 is 0. The van der Waals surface area contributed by atoms with Crippen molar-refractivity contribution in [2.24, 2.45) is 11.7 Å². The second kappa shape index (κ2) is 6.72. The first-order chi connectivity index (χ1) is 8.24. The topological polar surface area (TPSA) is 38.5 Å². The summed E-state index contributed by atoms with van der Waals surface area (Å²) < 4.78 is 5.79. The maximum atomic E-state index is 5.94. The van der Waals surface area contributed by atoms with Crippen molar-refractivity contribution in [2.45, 2.75) is 57.1 Å². The van der Waals surface area contributed by atoms with Crippen LogP contribution < -0.4 is 5.73 Å². The first kappa shape index (κ1) is 13.3. The van der Waals surface area contributed by atoms with Gasteiger partial charge in [0.05, 0.1) is 6.10 Å². The molecule has 0 radical (unpaired) electrons. The zero-order valence-corrected chi connectivity index (χ0v) is 11.2. The van der Waals surface area contributed by atoms with Gasteiger partial charge in [-0.3, -0.25) is 0 Å². The molecule has 2 aliphatic rings. The van der Waals surface area contributed by atoms with E-state index in [1.54, 1.807) is 0 Å². The lowest BCUT2D eigenvalue weighted by Gasteiger charge is -2.32. The molecule has 1 heterocycles. The van der Waals surface area contributed by atoms with Gasteiger partial charge in [-0.15, -0.1) is 0 Å². The Hall–Kier alpha value is -0.120. The van der Waals surface area contributed by atoms with E-state index in [0.717, 1.165) is 19.1 Å². The minimum Gasteiger partial charge on any atom is -0.377 e. The maximum absolute atomic E-state index is 5.94. The zero-order chi connectivity index (χ0) is 12.1. The highest BCUT2D eigenvalue weighted by molar-refractivity contribution is 4.77. The Bertz CT molecular complexity index is 208. The van der Waals surface area contributed by atoms with Crippen LogP contribution in [-0.2, 0) is 4.74 Å². The van der Waals surface area contributed by atoms with Gasteiger partial charge in [-0.2, -0.15) is 0 Å². The Morgan fingerprint density at radius 3 is 2.47 bits per heavy atom. The van der Waals surface area contributed by atoms with Gasteiger partial charge in [0.1, 0.15) is 0 Å². The predicted octanol–water partition coefficient (Wildman–Crippen LogP) is 2.00. The summed E-state index contributed by atoms with van der Waals surface area (Å²) in [5, 5.41) is 0. The lowest BCUT2D eigenvalue weighted by atomic mass is 9.86. The van der Waals surface area contributed by atoms with Crippen LogP contribution >= 0.6 is 0 Å². The summed E-state index contributed by atoms with van der Waals surface area (Å²) in [5.74, 6) is 0.864. The fourth-order valence-corrected chi connectivity index (χ4v) is 3.19. The van der Waals surface area contributed by atoms with E-state index >= 15 is 0 Å². The van der Waals surface area contributed by atoms with Crippen molar-refractivity contribution in [3.8, 4) is 0 Å². The van der Waals surface area contributed by atoms with Crippen molar-refractivity contribution in [1.29, 1.82) is 0 Å². The zero-order valence-electron chi connectivity index (χ0n) is 11.2. The number of hydrogen-bond acceptors (Lipinski definition) is 3. The minimum absolute atomic E-state index is 0.471. The van der Waals surface area contributed by atoms with Gasteiger partial charge < -0.3 is 15.4 Å². The third-order valence-corrected chi connectivity index (χ3v) is 4.25. The minimum atomic E-state index is 0.471. The molecule has 0 bridgehead atoms. The Labute approximate surface area is 106 Å². The van der Waals surface area contributed by atoms with Gasteiger partial charge in [0.25, 0.3) is 0 Å². The second-order valence-electron chi connectivity index (χ2n) is 5.99. The van der Waals surface area contributed by atoms with E-state index in [1.807, 2.05) is 0 Å². The maximum Gasteiger partial charge on any atom is 0.0701 e. The molecule has 100 valence electrons. The molecule has 1 unspecified atom stereocenters. The highest BCUT2D eigenvalue weighted by atomic mass is 16.5. The summed E-state index contributed by atoms with van der Waals surface area (Å²) in [6.45, 7) is 3.31. The second-order valence-corrected chi connectivity index (χ2v) is 5.99. The smallest absolute Gasteiger partial charge is 0.0701 e. The summed E-state index contributed by atoms with van der Waals surface area (Å²) in [6.07, 6.45) is 9.40. The van der Waals surface area contributed by atoms with E-state index < -0.39 is 0 Å². The quantitative estimate of drug-likeness (QED) is 0.817. The van der Waals surface area contributed by atoms with Crippen LogP contribution in [0, 0.1) is 5.92 Å². The van der Waals surface area contributed by atoms with Gasteiger partial charge in [0.2, 0.25) is 0 Å². The molecule has 1 aliphatic heterocycles. The number of ether oxygens (including phenoxy) is 1. The molecular weight excluding hydrogens is 212 g/mol. The van der Waals surface area contributed by atoms with E-state index in [-0.39, 0.29) is 0 Å². The van der Waals surface area contributed by atoms with Crippen molar-refractivity contribution >= 4 is 0 Å². The summed E-state index contributed by atoms with van der Waals surface area (Å²) in [7, 11) is 2.24. The number of nitrogens with two attached hydrogens (primary N) is 1. The lowest BCUT2D eigenvalue weighted by molar-refractivity contribution is -0.00430. The van der Waals surface area contributed by atoms with Gasteiger partial charge in [-0.25, -0.2) is 0 Å². The predicted molar refractivity (Wildman–Crippen MR) is 71.0 cm³/mol. The normalized spacial score (nSPS) is 35.1. The molecule has 1 saturated heterocycles. The lowest BCUT2D eigenvalue weighted by Crippen LogP contribution is -2.38. The molecular formula is C14H28N2O. The Balaban J connectivity index is 1.64. The molecule has 0 aromatic heterocycles. The Morgan fingerprint density at radius 2 is 1.82 bits per heavy atom. The van der Waals surface area contributed by atoms with Crippen molar-refractivity contribution in [2.75, 3.05) is 26.7 Å². The van der Waals surface area contributed by atoms with Crippen LogP contribution in [0.4, 0.5) is 0 Å². The number of likely N-dealkylation sites (N-methyl/N-ethyl adjacent to an activating group) is 1. The molecule has 0 aromatic rings. The molecule has 2 fully saturated rings. The fourth-order valence-electron chi connectivity index (χ4n) is 3.19. The Morgan fingerprint density at radius 1 is 1.06 bits per heavy atom. The standard InChI is InChI=1S/C14H28N2O/c1-16(11-14-4-2-3-9-17-14)10-12-5-7-13(15)8-6-12/h12-14H,2-11,15H2,1H3. The van der Waals surface area contributed by atoms with Crippen LogP contribution in [0.15, 0.2) is 0 Å². The summed E-state index contributed by atoms with van der Waals surface area (Å²) in [5.41, 5.74) is 5.94. The van der Waals surface area contributed by atoms with E-state index in [2.05, 4.69) is 11.9 Å². The number of nitrogens with zero attached hydrogens (tertiary/aromatic N) is 1. The van der Waals surface area contributed by atoms with Crippen LogP contribution in [0.25, 0.3) is 0 Å². The monoisotopic (exact) mass is 240 g/mol. The average molecular weight is 240 g/mol. The number of hydrogen-bond donors (Lipinski definition) is 1. The molecule has 17 heavy (non-hydrogen) atoms. The van der Waals surface area contributed by atoms with Crippen LogP contribution in [0.1, 0.15) is 44.9 Å². The van der Waals surface area contributed by atoms with Gasteiger partial charge in [-0.05, 0) is 57.9 Å². The molecule has 3 heteroatoms. The molecule has 1 atom stereocenters. The van der Waals surface area contributed by atoms with Crippen LogP contribution in [0.3, 0.4) is 0 Å².